The number of alkyl halides is 3. The summed E-state index contributed by atoms with van der Waals surface area (Å²) in [7, 11) is 0. The molecule has 0 aliphatic carbocycles. The molecule has 0 fully saturated rings. The molecule has 0 saturated heterocycles. The minimum atomic E-state index is -4.48. The van der Waals surface area contributed by atoms with Gasteiger partial charge in [0, 0.05) is 10.9 Å². The Morgan fingerprint density at radius 3 is 2.64 bits per heavy atom. The van der Waals surface area contributed by atoms with Crippen LogP contribution in [0.2, 0.25) is 0 Å². The Bertz CT molecular complexity index is 868. The summed E-state index contributed by atoms with van der Waals surface area (Å²) in [6.07, 6.45) is -3.03. The summed E-state index contributed by atoms with van der Waals surface area (Å²) in [5.74, 6) is -0.641. The number of primary amides is 1. The summed E-state index contributed by atoms with van der Waals surface area (Å²) in [4.78, 5) is 11.2. The van der Waals surface area contributed by atoms with Crippen LogP contribution in [-0.2, 0) is 6.18 Å². The van der Waals surface area contributed by atoms with Gasteiger partial charge in [-0.3, -0.25) is 9.89 Å². The third-order valence-electron chi connectivity index (χ3n) is 3.34. The lowest BCUT2D eigenvalue weighted by atomic mass is 9.97. The second-order valence-electron chi connectivity index (χ2n) is 4.80. The second-order valence-corrected chi connectivity index (χ2v) is 4.80. The molecule has 0 unspecified atom stereocenters. The maximum atomic E-state index is 13.0. The predicted octanol–water partition coefficient (Wildman–Crippen LogP) is 3.35. The number of benzene rings is 2. The number of nitrogens with two attached hydrogens (primary N) is 1. The number of amides is 1. The van der Waals surface area contributed by atoms with Crippen LogP contribution in [0.5, 0.6) is 0 Å². The molecule has 7 heteroatoms. The van der Waals surface area contributed by atoms with Crippen molar-refractivity contribution in [3.8, 4) is 11.1 Å². The fourth-order valence-electron chi connectivity index (χ4n) is 2.29. The Morgan fingerprint density at radius 1 is 1.18 bits per heavy atom. The number of H-pyrrole nitrogens is 1. The number of rotatable bonds is 2. The van der Waals surface area contributed by atoms with E-state index in [2.05, 4.69) is 10.2 Å². The quantitative estimate of drug-likeness (QED) is 0.762. The van der Waals surface area contributed by atoms with Gasteiger partial charge in [0.15, 0.2) is 0 Å². The fraction of sp³-hybridized carbons (Fsp3) is 0.0667. The van der Waals surface area contributed by atoms with Gasteiger partial charge in [-0.15, -0.1) is 0 Å². The predicted molar refractivity (Wildman–Crippen MR) is 75.0 cm³/mol. The highest BCUT2D eigenvalue weighted by Crippen LogP contribution is 2.36. The Hall–Kier alpha value is -2.83. The van der Waals surface area contributed by atoms with Gasteiger partial charge < -0.3 is 5.73 Å². The van der Waals surface area contributed by atoms with Crippen molar-refractivity contribution in [3.63, 3.8) is 0 Å². The van der Waals surface area contributed by atoms with E-state index in [9.17, 15) is 18.0 Å². The number of carbonyl (C=O) groups is 1. The average molecular weight is 305 g/mol. The summed E-state index contributed by atoms with van der Waals surface area (Å²) in [5.41, 5.74) is 5.73. The Labute approximate surface area is 122 Å². The molecule has 0 spiro atoms. The van der Waals surface area contributed by atoms with Crippen LogP contribution in [0.4, 0.5) is 13.2 Å². The monoisotopic (exact) mass is 305 g/mol. The van der Waals surface area contributed by atoms with Crippen LogP contribution in [0.1, 0.15) is 15.9 Å². The Balaban J connectivity index is 2.27. The van der Waals surface area contributed by atoms with Gasteiger partial charge in [0.1, 0.15) is 0 Å². The first-order valence-corrected chi connectivity index (χ1v) is 6.31. The van der Waals surface area contributed by atoms with Crippen molar-refractivity contribution in [2.45, 2.75) is 6.18 Å². The van der Waals surface area contributed by atoms with E-state index in [-0.39, 0.29) is 11.1 Å². The first-order valence-electron chi connectivity index (χ1n) is 6.31. The molecule has 2 aromatic carbocycles. The van der Waals surface area contributed by atoms with Crippen molar-refractivity contribution in [2.75, 3.05) is 0 Å². The first kappa shape index (κ1) is 14.1. The average Bonchev–Trinajstić information content (AvgIpc) is 2.93. The molecule has 1 heterocycles. The summed E-state index contributed by atoms with van der Waals surface area (Å²) in [6, 6.07) is 8.20. The molecule has 1 amide bonds. The zero-order valence-corrected chi connectivity index (χ0v) is 11.1. The van der Waals surface area contributed by atoms with E-state index in [1.165, 1.54) is 18.3 Å². The highest BCUT2D eigenvalue weighted by Gasteiger charge is 2.31. The molecule has 112 valence electrons. The Kier molecular flexibility index (Phi) is 3.13. The van der Waals surface area contributed by atoms with Crippen LogP contribution < -0.4 is 5.73 Å². The van der Waals surface area contributed by atoms with E-state index < -0.39 is 17.6 Å². The molecule has 0 saturated carbocycles. The first-order chi connectivity index (χ1) is 10.4. The van der Waals surface area contributed by atoms with Crippen LogP contribution in [0.3, 0.4) is 0 Å². The van der Waals surface area contributed by atoms with Gasteiger partial charge in [-0.1, -0.05) is 12.1 Å². The third-order valence-corrected chi connectivity index (χ3v) is 3.34. The number of halogens is 3. The smallest absolute Gasteiger partial charge is 0.366 e. The minimum Gasteiger partial charge on any atom is -0.366 e. The van der Waals surface area contributed by atoms with Gasteiger partial charge in [-0.2, -0.15) is 18.3 Å². The fourth-order valence-corrected chi connectivity index (χ4v) is 2.29. The molecular weight excluding hydrogens is 295 g/mol. The SMILES string of the molecule is NC(=O)c1cccc(-c2cc(C(F)(F)F)cc3[nH]ncc23)c1. The van der Waals surface area contributed by atoms with E-state index in [0.29, 0.717) is 16.5 Å². The topological polar surface area (TPSA) is 71.8 Å². The van der Waals surface area contributed by atoms with E-state index in [1.54, 1.807) is 12.1 Å². The number of aromatic amines is 1. The van der Waals surface area contributed by atoms with Crippen molar-refractivity contribution >= 4 is 16.8 Å². The lowest BCUT2D eigenvalue weighted by molar-refractivity contribution is -0.137. The standard InChI is InChI=1S/C15H10F3N3O/c16-15(17,18)10-5-11(12-7-20-21-13(12)6-10)8-2-1-3-9(4-8)14(19)22/h1-7H,(H2,19,22)(H,20,21). The number of nitrogens with one attached hydrogen (secondary N) is 1. The molecule has 22 heavy (non-hydrogen) atoms. The van der Waals surface area contributed by atoms with Crippen molar-refractivity contribution in [3.05, 3.63) is 53.7 Å². The van der Waals surface area contributed by atoms with Crippen LogP contribution in [-0.4, -0.2) is 16.1 Å². The summed E-state index contributed by atoms with van der Waals surface area (Å²) in [6.45, 7) is 0. The number of fused-ring (bicyclic) bond motifs is 1. The maximum absolute atomic E-state index is 13.0. The number of hydrogen-bond acceptors (Lipinski definition) is 2. The van der Waals surface area contributed by atoms with Gasteiger partial charge in [0.2, 0.25) is 5.91 Å². The van der Waals surface area contributed by atoms with Crippen molar-refractivity contribution in [1.82, 2.24) is 10.2 Å². The highest BCUT2D eigenvalue weighted by atomic mass is 19.4. The number of aromatic nitrogens is 2. The van der Waals surface area contributed by atoms with Gasteiger partial charge in [0.25, 0.3) is 0 Å². The third kappa shape index (κ3) is 2.41. The Morgan fingerprint density at radius 2 is 1.95 bits per heavy atom. The molecule has 4 nitrogen and oxygen atoms in total. The van der Waals surface area contributed by atoms with E-state index in [1.807, 2.05) is 0 Å². The van der Waals surface area contributed by atoms with Crippen molar-refractivity contribution in [1.29, 1.82) is 0 Å². The molecule has 0 aliphatic rings. The van der Waals surface area contributed by atoms with E-state index >= 15 is 0 Å². The zero-order valence-electron chi connectivity index (χ0n) is 11.1. The van der Waals surface area contributed by atoms with Gasteiger partial charge >= 0.3 is 6.18 Å². The summed E-state index contributed by atoms with van der Waals surface area (Å²) >= 11 is 0. The molecule has 3 rings (SSSR count). The maximum Gasteiger partial charge on any atom is 0.416 e. The van der Waals surface area contributed by atoms with Crippen molar-refractivity contribution < 1.29 is 18.0 Å². The second kappa shape index (κ2) is 4.87. The molecular formula is C15H10F3N3O. The minimum absolute atomic E-state index is 0.228. The number of hydrogen-bond donors (Lipinski definition) is 2. The highest BCUT2D eigenvalue weighted by molar-refractivity contribution is 5.98. The van der Waals surface area contributed by atoms with Crippen LogP contribution in [0, 0.1) is 0 Å². The lowest BCUT2D eigenvalue weighted by Gasteiger charge is -2.11. The molecule has 0 atom stereocenters. The van der Waals surface area contributed by atoms with E-state index in [4.69, 9.17) is 5.73 Å². The largest absolute Gasteiger partial charge is 0.416 e. The zero-order chi connectivity index (χ0) is 15.9. The van der Waals surface area contributed by atoms with Gasteiger partial charge in [-0.25, -0.2) is 0 Å². The molecule has 3 N–H and O–H groups in total. The van der Waals surface area contributed by atoms with Crippen molar-refractivity contribution in [2.24, 2.45) is 5.73 Å². The van der Waals surface area contributed by atoms with Gasteiger partial charge in [-0.05, 0) is 35.4 Å². The number of carbonyl (C=O) groups excluding carboxylic acids is 1. The summed E-state index contributed by atoms with van der Waals surface area (Å²) in [5, 5.41) is 6.86. The summed E-state index contributed by atoms with van der Waals surface area (Å²) < 4.78 is 39.1. The van der Waals surface area contributed by atoms with Crippen LogP contribution in [0.25, 0.3) is 22.0 Å². The molecule has 0 bridgehead atoms. The van der Waals surface area contributed by atoms with E-state index in [0.717, 1.165) is 12.1 Å². The normalized spacial score (nSPS) is 11.8. The van der Waals surface area contributed by atoms with Crippen LogP contribution >= 0.6 is 0 Å². The van der Waals surface area contributed by atoms with Gasteiger partial charge in [0.05, 0.1) is 17.3 Å². The van der Waals surface area contributed by atoms with Crippen LogP contribution in [0.15, 0.2) is 42.6 Å². The molecule has 3 aromatic rings. The molecule has 1 aromatic heterocycles. The molecule has 0 radical (unpaired) electrons. The lowest BCUT2D eigenvalue weighted by Crippen LogP contribution is -2.10. The number of nitrogens with zero attached hydrogens (tertiary/aromatic N) is 1. The molecule has 0 aliphatic heterocycles.